The predicted octanol–water partition coefficient (Wildman–Crippen LogP) is 2.54. The van der Waals surface area contributed by atoms with Gasteiger partial charge >= 0.3 is 0 Å². The SMILES string of the molecule is CCCCC(C)(CC)CC1CNCCN1. The first-order valence-corrected chi connectivity index (χ1v) is 6.64. The van der Waals surface area contributed by atoms with Crippen LogP contribution in [0.25, 0.3) is 0 Å². The summed E-state index contributed by atoms with van der Waals surface area (Å²) in [5.74, 6) is 0. The Morgan fingerprint density at radius 3 is 2.60 bits per heavy atom. The van der Waals surface area contributed by atoms with Crippen LogP contribution >= 0.6 is 0 Å². The van der Waals surface area contributed by atoms with Gasteiger partial charge in [-0.25, -0.2) is 0 Å². The summed E-state index contributed by atoms with van der Waals surface area (Å²) in [7, 11) is 0. The zero-order chi connectivity index (χ0) is 11.1. The number of hydrogen-bond acceptors (Lipinski definition) is 2. The van der Waals surface area contributed by atoms with E-state index in [1.54, 1.807) is 0 Å². The van der Waals surface area contributed by atoms with Gasteiger partial charge in [0.15, 0.2) is 0 Å². The van der Waals surface area contributed by atoms with E-state index in [1.165, 1.54) is 32.1 Å². The number of hydrogen-bond donors (Lipinski definition) is 2. The van der Waals surface area contributed by atoms with E-state index in [4.69, 9.17) is 0 Å². The van der Waals surface area contributed by atoms with Gasteiger partial charge in [-0.2, -0.15) is 0 Å². The number of rotatable bonds is 6. The maximum atomic E-state index is 3.62. The predicted molar refractivity (Wildman–Crippen MR) is 67.2 cm³/mol. The van der Waals surface area contributed by atoms with E-state index in [0.717, 1.165) is 19.6 Å². The Hall–Kier alpha value is -0.0800. The first kappa shape index (κ1) is 13.0. The Morgan fingerprint density at radius 1 is 1.27 bits per heavy atom. The molecule has 1 saturated heterocycles. The van der Waals surface area contributed by atoms with Crippen molar-refractivity contribution in [2.45, 2.75) is 58.9 Å². The third-order valence-corrected chi connectivity index (χ3v) is 3.85. The molecule has 2 nitrogen and oxygen atoms in total. The molecule has 0 aliphatic carbocycles. The summed E-state index contributed by atoms with van der Waals surface area (Å²) >= 11 is 0. The lowest BCUT2D eigenvalue weighted by molar-refractivity contribution is 0.208. The lowest BCUT2D eigenvalue weighted by Gasteiger charge is -2.35. The van der Waals surface area contributed by atoms with Crippen LogP contribution in [-0.4, -0.2) is 25.7 Å². The molecule has 15 heavy (non-hydrogen) atoms. The van der Waals surface area contributed by atoms with Gasteiger partial charge in [0.05, 0.1) is 0 Å². The van der Waals surface area contributed by atoms with Gasteiger partial charge in [0.25, 0.3) is 0 Å². The molecule has 0 amide bonds. The zero-order valence-corrected chi connectivity index (χ0v) is 10.7. The normalized spacial score (nSPS) is 26.2. The first-order chi connectivity index (χ1) is 7.20. The fraction of sp³-hybridized carbons (Fsp3) is 1.00. The largest absolute Gasteiger partial charge is 0.314 e. The van der Waals surface area contributed by atoms with Gasteiger partial charge in [-0.15, -0.1) is 0 Å². The van der Waals surface area contributed by atoms with Gasteiger partial charge in [-0.3, -0.25) is 0 Å². The van der Waals surface area contributed by atoms with Crippen LogP contribution in [0.4, 0.5) is 0 Å². The second-order valence-corrected chi connectivity index (χ2v) is 5.33. The van der Waals surface area contributed by atoms with E-state index >= 15 is 0 Å². The maximum absolute atomic E-state index is 3.62. The molecule has 0 radical (unpaired) electrons. The summed E-state index contributed by atoms with van der Waals surface area (Å²) in [5.41, 5.74) is 0.548. The van der Waals surface area contributed by atoms with E-state index < -0.39 is 0 Å². The van der Waals surface area contributed by atoms with Gasteiger partial charge in [0.2, 0.25) is 0 Å². The molecule has 1 fully saturated rings. The van der Waals surface area contributed by atoms with Crippen molar-refractivity contribution in [1.82, 2.24) is 10.6 Å². The van der Waals surface area contributed by atoms with Crippen molar-refractivity contribution in [2.75, 3.05) is 19.6 Å². The van der Waals surface area contributed by atoms with Crippen LogP contribution < -0.4 is 10.6 Å². The minimum Gasteiger partial charge on any atom is -0.314 e. The fourth-order valence-electron chi connectivity index (χ4n) is 2.48. The molecule has 1 heterocycles. The average molecular weight is 212 g/mol. The molecule has 2 N–H and O–H groups in total. The van der Waals surface area contributed by atoms with Crippen LogP contribution in [0.15, 0.2) is 0 Å². The van der Waals surface area contributed by atoms with Crippen LogP contribution in [0.1, 0.15) is 52.9 Å². The molecule has 0 aromatic heterocycles. The monoisotopic (exact) mass is 212 g/mol. The quantitative estimate of drug-likeness (QED) is 0.707. The Morgan fingerprint density at radius 2 is 2.07 bits per heavy atom. The van der Waals surface area contributed by atoms with Crippen molar-refractivity contribution in [3.05, 3.63) is 0 Å². The van der Waals surface area contributed by atoms with E-state index in [1.807, 2.05) is 0 Å². The van der Waals surface area contributed by atoms with Crippen molar-refractivity contribution in [1.29, 1.82) is 0 Å². The molecule has 0 aromatic carbocycles. The van der Waals surface area contributed by atoms with Crippen LogP contribution in [0, 0.1) is 5.41 Å². The second kappa shape index (κ2) is 6.49. The van der Waals surface area contributed by atoms with Crippen molar-refractivity contribution < 1.29 is 0 Å². The second-order valence-electron chi connectivity index (χ2n) is 5.33. The first-order valence-electron chi connectivity index (χ1n) is 6.64. The highest BCUT2D eigenvalue weighted by Gasteiger charge is 2.26. The van der Waals surface area contributed by atoms with E-state index in [0.29, 0.717) is 11.5 Å². The van der Waals surface area contributed by atoms with Crippen LogP contribution in [0.2, 0.25) is 0 Å². The van der Waals surface area contributed by atoms with Crippen LogP contribution in [-0.2, 0) is 0 Å². The Labute approximate surface area is 95.2 Å². The van der Waals surface area contributed by atoms with Gasteiger partial charge < -0.3 is 10.6 Å². The third kappa shape index (κ3) is 4.52. The third-order valence-electron chi connectivity index (χ3n) is 3.85. The molecule has 0 bridgehead atoms. The van der Waals surface area contributed by atoms with E-state index in [9.17, 15) is 0 Å². The molecular formula is C13H28N2. The van der Waals surface area contributed by atoms with Crippen molar-refractivity contribution in [3.8, 4) is 0 Å². The Bertz CT molecular complexity index is 164. The smallest absolute Gasteiger partial charge is 0.0198 e. The fourth-order valence-corrected chi connectivity index (χ4v) is 2.48. The summed E-state index contributed by atoms with van der Waals surface area (Å²) in [6.07, 6.45) is 6.73. The molecule has 2 heteroatoms. The van der Waals surface area contributed by atoms with Gasteiger partial charge in [-0.1, -0.05) is 40.0 Å². The minimum atomic E-state index is 0.548. The van der Waals surface area contributed by atoms with E-state index in [2.05, 4.69) is 31.4 Å². The summed E-state index contributed by atoms with van der Waals surface area (Å²) in [4.78, 5) is 0. The summed E-state index contributed by atoms with van der Waals surface area (Å²) < 4.78 is 0. The standard InChI is InChI=1S/C13H28N2/c1-4-6-7-13(3,5-2)10-12-11-14-8-9-15-12/h12,14-15H,4-11H2,1-3H3. The van der Waals surface area contributed by atoms with Gasteiger partial charge in [0.1, 0.15) is 0 Å². The lowest BCUT2D eigenvalue weighted by Crippen LogP contribution is -2.50. The van der Waals surface area contributed by atoms with Gasteiger partial charge in [-0.05, 0) is 18.3 Å². The Balaban J connectivity index is 2.35. The number of piperazine rings is 1. The van der Waals surface area contributed by atoms with Crippen molar-refractivity contribution in [2.24, 2.45) is 5.41 Å². The average Bonchev–Trinajstić information content (AvgIpc) is 2.28. The molecule has 1 aliphatic rings. The molecule has 2 unspecified atom stereocenters. The van der Waals surface area contributed by atoms with E-state index in [-0.39, 0.29) is 0 Å². The zero-order valence-electron chi connectivity index (χ0n) is 10.7. The summed E-state index contributed by atoms with van der Waals surface area (Å²) in [5, 5.41) is 7.10. The lowest BCUT2D eigenvalue weighted by atomic mass is 9.77. The maximum Gasteiger partial charge on any atom is 0.0198 e. The van der Waals surface area contributed by atoms with Gasteiger partial charge in [0, 0.05) is 25.7 Å². The summed E-state index contributed by atoms with van der Waals surface area (Å²) in [6, 6.07) is 0.695. The molecule has 1 rings (SSSR count). The topological polar surface area (TPSA) is 24.1 Å². The number of unbranched alkanes of at least 4 members (excludes halogenated alkanes) is 1. The molecule has 2 atom stereocenters. The summed E-state index contributed by atoms with van der Waals surface area (Å²) in [6.45, 7) is 10.5. The Kier molecular flexibility index (Phi) is 5.62. The molecule has 0 spiro atoms. The molecule has 0 aromatic rings. The van der Waals surface area contributed by atoms with Crippen LogP contribution in [0.3, 0.4) is 0 Å². The minimum absolute atomic E-state index is 0.548. The van der Waals surface area contributed by atoms with Crippen molar-refractivity contribution >= 4 is 0 Å². The molecular weight excluding hydrogens is 184 g/mol. The highest BCUT2D eigenvalue weighted by atomic mass is 15.1. The molecule has 1 aliphatic heterocycles. The number of nitrogens with one attached hydrogen (secondary N) is 2. The molecule has 90 valence electrons. The van der Waals surface area contributed by atoms with Crippen LogP contribution in [0.5, 0.6) is 0 Å². The highest BCUT2D eigenvalue weighted by molar-refractivity contribution is 4.84. The molecule has 0 saturated carbocycles. The highest BCUT2D eigenvalue weighted by Crippen LogP contribution is 2.33. The van der Waals surface area contributed by atoms with Crippen molar-refractivity contribution in [3.63, 3.8) is 0 Å².